The molecule has 4 aromatic rings. The van der Waals surface area contributed by atoms with Crippen LogP contribution < -0.4 is 25.7 Å². The molecule has 3 saturated heterocycles. The van der Waals surface area contributed by atoms with E-state index in [4.69, 9.17) is 9.47 Å². The number of ether oxygens (including phenoxy) is 2. The number of amides is 5. The Hall–Kier alpha value is -5.61. The van der Waals surface area contributed by atoms with Gasteiger partial charge in [0.1, 0.15) is 33.5 Å². The molecule has 0 spiro atoms. The topological polar surface area (TPSA) is 172 Å². The molecule has 0 saturated carbocycles. The maximum atomic E-state index is 13.4. The number of hydrogen-bond acceptors (Lipinski definition) is 11. The van der Waals surface area contributed by atoms with Crippen LogP contribution in [0, 0.1) is 5.92 Å². The Labute approximate surface area is 342 Å². The van der Waals surface area contributed by atoms with Gasteiger partial charge in [-0.15, -0.1) is 0 Å². The minimum Gasteiger partial charge on any atom is -0.493 e. The molecule has 2 aromatic heterocycles. The quantitative estimate of drug-likeness (QED) is 0.210. The van der Waals surface area contributed by atoms with Gasteiger partial charge in [-0.25, -0.2) is 4.98 Å². The molecule has 8 rings (SSSR count). The Morgan fingerprint density at radius 3 is 2.50 bits per heavy atom. The second-order valence-corrected chi connectivity index (χ2v) is 16.2. The third kappa shape index (κ3) is 8.07. The van der Waals surface area contributed by atoms with Crippen molar-refractivity contribution in [3.05, 3.63) is 98.4 Å². The van der Waals surface area contributed by atoms with Gasteiger partial charge in [0.25, 0.3) is 23.3 Å². The number of hydrogen-bond donors (Lipinski definition) is 2. The van der Waals surface area contributed by atoms with Crippen LogP contribution in [0.1, 0.15) is 70.7 Å². The Morgan fingerprint density at radius 2 is 1.72 bits per heavy atom. The number of carbonyl (C=O) groups excluding carboxylic acids is 5. The van der Waals surface area contributed by atoms with E-state index in [9.17, 15) is 28.8 Å². The molecule has 1 unspecified atom stereocenters. The standard InChI is InChI=1S/C42H44BrN7O8/c1-47-22-27(21-28(23-47)44-38-37(43)42(56)49-17-3-2-7-33(49)45-38)26-8-10-29(11-9-26)58-24-35(52)48-18-14-25(15-19-48)16-20-57-32-6-4-5-30-36(32)41(55)50(40(30)54)31-12-13-34(51)46-39(31)53/h2-11,17,25,27-28,31,44H,12-16,18-24H2,1H3,(H,46,51,53)/t27-,28+,31?/m0/s1. The van der Waals surface area contributed by atoms with Crippen molar-refractivity contribution in [2.75, 3.05) is 51.8 Å². The van der Waals surface area contributed by atoms with Gasteiger partial charge in [-0.2, -0.15) is 0 Å². The zero-order chi connectivity index (χ0) is 40.5. The summed E-state index contributed by atoms with van der Waals surface area (Å²) in [7, 11) is 2.09. The third-order valence-electron chi connectivity index (χ3n) is 11.5. The first-order valence-corrected chi connectivity index (χ1v) is 20.4. The lowest BCUT2D eigenvalue weighted by molar-refractivity contribution is -0.136. The van der Waals surface area contributed by atoms with Crippen molar-refractivity contribution in [1.82, 2.24) is 29.4 Å². The molecule has 6 heterocycles. The summed E-state index contributed by atoms with van der Waals surface area (Å²) in [6.45, 7) is 3.16. The molecule has 4 aliphatic heterocycles. The molecular weight excluding hydrogens is 810 g/mol. The highest BCUT2D eigenvalue weighted by Crippen LogP contribution is 2.35. The van der Waals surface area contributed by atoms with Gasteiger partial charge in [0.2, 0.25) is 11.8 Å². The summed E-state index contributed by atoms with van der Waals surface area (Å²) in [5, 5.41) is 5.71. The first kappa shape index (κ1) is 39.2. The summed E-state index contributed by atoms with van der Waals surface area (Å²) < 4.78 is 13.9. The summed E-state index contributed by atoms with van der Waals surface area (Å²) in [4.78, 5) is 86.3. The van der Waals surface area contributed by atoms with E-state index in [0.29, 0.717) is 53.7 Å². The number of halogens is 1. The lowest BCUT2D eigenvalue weighted by Crippen LogP contribution is -2.54. The molecule has 2 N–H and O–H groups in total. The minimum atomic E-state index is -1.04. The van der Waals surface area contributed by atoms with E-state index in [1.54, 1.807) is 30.5 Å². The van der Waals surface area contributed by atoms with E-state index in [1.165, 1.54) is 9.96 Å². The first-order valence-electron chi connectivity index (χ1n) is 19.6. The molecule has 0 aliphatic carbocycles. The summed E-state index contributed by atoms with van der Waals surface area (Å²) in [5.41, 5.74) is 1.90. The van der Waals surface area contributed by atoms with Gasteiger partial charge in [0.15, 0.2) is 6.61 Å². The van der Waals surface area contributed by atoms with E-state index in [2.05, 4.69) is 55.6 Å². The van der Waals surface area contributed by atoms with Crippen LogP contribution >= 0.6 is 15.9 Å². The monoisotopic (exact) mass is 853 g/mol. The number of anilines is 1. The molecule has 5 amide bonds. The average molecular weight is 855 g/mol. The van der Waals surface area contributed by atoms with Crippen molar-refractivity contribution in [2.45, 2.75) is 56.5 Å². The van der Waals surface area contributed by atoms with E-state index >= 15 is 0 Å². The Bertz CT molecular complexity index is 2330. The summed E-state index contributed by atoms with van der Waals surface area (Å²) >= 11 is 3.45. The molecule has 0 radical (unpaired) electrons. The number of benzene rings is 2. The summed E-state index contributed by atoms with van der Waals surface area (Å²) in [5.74, 6) is -0.310. The van der Waals surface area contributed by atoms with E-state index < -0.39 is 29.7 Å². The predicted octanol–water partition coefficient (Wildman–Crippen LogP) is 3.84. The van der Waals surface area contributed by atoms with Crippen molar-refractivity contribution < 1.29 is 33.4 Å². The van der Waals surface area contributed by atoms with Crippen molar-refractivity contribution in [3.8, 4) is 11.5 Å². The molecule has 4 aliphatic rings. The second kappa shape index (κ2) is 16.7. The predicted molar refractivity (Wildman–Crippen MR) is 216 cm³/mol. The zero-order valence-corrected chi connectivity index (χ0v) is 33.6. The molecule has 0 bridgehead atoms. The van der Waals surface area contributed by atoms with Gasteiger partial charge in [-0.3, -0.25) is 43.4 Å². The number of pyridine rings is 1. The van der Waals surface area contributed by atoms with Crippen molar-refractivity contribution in [1.29, 1.82) is 0 Å². The van der Waals surface area contributed by atoms with Gasteiger partial charge < -0.3 is 24.6 Å². The fraction of sp³-hybridized carbons (Fsp3) is 0.405. The number of aromatic nitrogens is 2. The molecule has 3 fully saturated rings. The van der Waals surface area contributed by atoms with Gasteiger partial charge in [-0.1, -0.05) is 24.3 Å². The Morgan fingerprint density at radius 1 is 0.931 bits per heavy atom. The fourth-order valence-electron chi connectivity index (χ4n) is 8.51. The molecule has 15 nitrogen and oxygen atoms in total. The van der Waals surface area contributed by atoms with Crippen LogP contribution in [0.25, 0.3) is 5.65 Å². The van der Waals surface area contributed by atoms with Crippen LogP contribution in [-0.2, 0) is 14.4 Å². The van der Waals surface area contributed by atoms with E-state index in [0.717, 1.165) is 37.3 Å². The zero-order valence-electron chi connectivity index (χ0n) is 32.0. The molecule has 16 heteroatoms. The van der Waals surface area contributed by atoms with Gasteiger partial charge >= 0.3 is 0 Å². The van der Waals surface area contributed by atoms with Gasteiger partial charge in [-0.05, 0) is 109 Å². The second-order valence-electron chi connectivity index (χ2n) is 15.4. The Balaban J connectivity index is 0.782. The van der Waals surface area contributed by atoms with Crippen LogP contribution in [0.4, 0.5) is 5.82 Å². The highest BCUT2D eigenvalue weighted by atomic mass is 79.9. The summed E-state index contributed by atoms with van der Waals surface area (Å²) in [6, 6.07) is 17.3. The van der Waals surface area contributed by atoms with Crippen LogP contribution in [0.3, 0.4) is 0 Å². The maximum Gasteiger partial charge on any atom is 0.274 e. The average Bonchev–Trinajstić information content (AvgIpc) is 3.48. The molecular formula is C42H44BrN7O8. The van der Waals surface area contributed by atoms with Crippen molar-refractivity contribution in [2.24, 2.45) is 5.92 Å². The van der Waals surface area contributed by atoms with Crippen LogP contribution in [-0.4, -0.2) is 112 Å². The van der Waals surface area contributed by atoms with Crippen LogP contribution in [0.15, 0.2) is 76.1 Å². The fourth-order valence-corrected chi connectivity index (χ4v) is 8.90. The van der Waals surface area contributed by atoms with E-state index in [-0.39, 0.29) is 59.8 Å². The van der Waals surface area contributed by atoms with Crippen LogP contribution in [0.5, 0.6) is 11.5 Å². The molecule has 58 heavy (non-hydrogen) atoms. The number of likely N-dealkylation sites (N-methyl/N-ethyl adjacent to an activating group) is 1. The van der Waals surface area contributed by atoms with E-state index in [1.807, 2.05) is 29.2 Å². The number of imide groups is 2. The molecule has 3 atom stereocenters. The number of likely N-dealkylation sites (tertiary alicyclic amines) is 2. The summed E-state index contributed by atoms with van der Waals surface area (Å²) in [6.07, 6.45) is 5.00. The molecule has 2 aromatic carbocycles. The highest BCUT2D eigenvalue weighted by molar-refractivity contribution is 9.10. The van der Waals surface area contributed by atoms with Crippen molar-refractivity contribution in [3.63, 3.8) is 0 Å². The van der Waals surface area contributed by atoms with Gasteiger partial charge in [0, 0.05) is 44.8 Å². The third-order valence-corrected chi connectivity index (χ3v) is 12.3. The number of nitrogens with zero attached hydrogens (tertiary/aromatic N) is 5. The number of piperidine rings is 3. The largest absolute Gasteiger partial charge is 0.493 e. The lowest BCUT2D eigenvalue weighted by atomic mass is 9.88. The molecule has 302 valence electrons. The normalized spacial score (nSPS) is 21.6. The number of rotatable bonds is 11. The van der Waals surface area contributed by atoms with Crippen molar-refractivity contribution >= 4 is 56.9 Å². The first-order chi connectivity index (χ1) is 28.0. The maximum absolute atomic E-state index is 13.4. The van der Waals surface area contributed by atoms with Gasteiger partial charge in [0.05, 0.1) is 17.7 Å². The highest BCUT2D eigenvalue weighted by Gasteiger charge is 2.46. The SMILES string of the molecule is CN1C[C@H](Nc2nc3ccccn3c(=O)c2Br)C[C@H](c2ccc(OCC(=O)N3CCC(CCOc4cccc5c4C(=O)N(C4CCC(=O)NC4=O)C5=O)CC3)cc2)C1. The Kier molecular flexibility index (Phi) is 11.3. The van der Waals surface area contributed by atoms with Crippen LogP contribution in [0.2, 0.25) is 0 Å². The number of fused-ring (bicyclic) bond motifs is 2. The minimum absolute atomic E-state index is 0.0513. The lowest BCUT2D eigenvalue weighted by Gasteiger charge is -2.36. The number of carbonyl (C=O) groups is 5. The number of nitrogens with one attached hydrogen (secondary N) is 2. The smallest absolute Gasteiger partial charge is 0.274 e.